The third-order valence-corrected chi connectivity index (χ3v) is 5.10. The SMILES string of the molecule is O=C(c1cnc2ccccc2n1)N1CC=C(c2c[nH]c3ccccc23)CC1. The van der Waals surface area contributed by atoms with Gasteiger partial charge in [-0.15, -0.1) is 0 Å². The van der Waals surface area contributed by atoms with Crippen LogP contribution in [0.2, 0.25) is 0 Å². The minimum atomic E-state index is -0.0671. The molecule has 0 aliphatic carbocycles. The first-order valence-electron chi connectivity index (χ1n) is 9.06. The number of carbonyl (C=O) groups excluding carboxylic acids is 1. The summed E-state index contributed by atoms with van der Waals surface area (Å²) in [6.45, 7) is 1.26. The Labute approximate surface area is 156 Å². The molecule has 0 saturated carbocycles. The summed E-state index contributed by atoms with van der Waals surface area (Å²) in [7, 11) is 0. The normalized spacial score (nSPS) is 14.5. The molecule has 5 rings (SSSR count). The molecule has 1 aliphatic heterocycles. The topological polar surface area (TPSA) is 61.9 Å². The van der Waals surface area contributed by atoms with E-state index in [1.807, 2.05) is 35.2 Å². The van der Waals surface area contributed by atoms with Gasteiger partial charge in [-0.25, -0.2) is 4.98 Å². The van der Waals surface area contributed by atoms with Crippen molar-refractivity contribution >= 4 is 33.4 Å². The molecule has 27 heavy (non-hydrogen) atoms. The highest BCUT2D eigenvalue weighted by Crippen LogP contribution is 2.29. The zero-order valence-corrected chi connectivity index (χ0v) is 14.7. The molecule has 0 saturated heterocycles. The maximum Gasteiger partial charge on any atom is 0.274 e. The minimum absolute atomic E-state index is 0.0671. The van der Waals surface area contributed by atoms with Crippen LogP contribution in [0.1, 0.15) is 22.5 Å². The molecule has 0 spiro atoms. The molecule has 0 fully saturated rings. The lowest BCUT2D eigenvalue weighted by atomic mass is 9.99. The van der Waals surface area contributed by atoms with Gasteiger partial charge in [0.2, 0.25) is 0 Å². The van der Waals surface area contributed by atoms with E-state index >= 15 is 0 Å². The zero-order valence-electron chi connectivity index (χ0n) is 14.7. The van der Waals surface area contributed by atoms with Crippen molar-refractivity contribution in [2.24, 2.45) is 0 Å². The molecule has 4 aromatic rings. The van der Waals surface area contributed by atoms with Gasteiger partial charge in [0.25, 0.3) is 5.91 Å². The van der Waals surface area contributed by atoms with E-state index in [9.17, 15) is 4.79 Å². The van der Waals surface area contributed by atoms with Crippen molar-refractivity contribution in [3.8, 4) is 0 Å². The van der Waals surface area contributed by atoms with Crippen LogP contribution in [0.3, 0.4) is 0 Å². The van der Waals surface area contributed by atoms with Crippen LogP contribution in [-0.2, 0) is 0 Å². The third kappa shape index (κ3) is 2.77. The van der Waals surface area contributed by atoms with Crippen LogP contribution in [0.25, 0.3) is 27.5 Å². The molecule has 0 unspecified atom stereocenters. The van der Waals surface area contributed by atoms with Crippen molar-refractivity contribution < 1.29 is 4.79 Å². The van der Waals surface area contributed by atoms with E-state index < -0.39 is 0 Å². The summed E-state index contributed by atoms with van der Waals surface area (Å²) >= 11 is 0. The average molecular weight is 354 g/mol. The highest BCUT2D eigenvalue weighted by atomic mass is 16.2. The van der Waals surface area contributed by atoms with Crippen molar-refractivity contribution in [1.29, 1.82) is 0 Å². The van der Waals surface area contributed by atoms with E-state index in [-0.39, 0.29) is 5.91 Å². The predicted molar refractivity (Wildman–Crippen MR) is 106 cm³/mol. The summed E-state index contributed by atoms with van der Waals surface area (Å²) in [5, 5.41) is 1.23. The first kappa shape index (κ1) is 15.8. The minimum Gasteiger partial charge on any atom is -0.361 e. The number of rotatable bonds is 2. The van der Waals surface area contributed by atoms with Crippen LogP contribution in [0, 0.1) is 0 Å². The number of aromatic amines is 1. The fourth-order valence-electron chi connectivity index (χ4n) is 3.66. The van der Waals surface area contributed by atoms with Gasteiger partial charge in [0.1, 0.15) is 5.69 Å². The lowest BCUT2D eigenvalue weighted by Gasteiger charge is -2.26. The van der Waals surface area contributed by atoms with Crippen molar-refractivity contribution in [3.05, 3.63) is 78.3 Å². The first-order valence-corrected chi connectivity index (χ1v) is 9.06. The van der Waals surface area contributed by atoms with E-state index in [1.165, 1.54) is 16.5 Å². The van der Waals surface area contributed by atoms with Gasteiger partial charge in [-0.2, -0.15) is 0 Å². The lowest BCUT2D eigenvalue weighted by molar-refractivity contribution is 0.0767. The Hall–Kier alpha value is -3.47. The number of carbonyl (C=O) groups is 1. The molecule has 0 bridgehead atoms. The molecule has 2 aromatic heterocycles. The Kier molecular flexibility index (Phi) is 3.71. The molecule has 1 aliphatic rings. The quantitative estimate of drug-likeness (QED) is 0.591. The predicted octanol–water partition coefficient (Wildman–Crippen LogP) is 4.04. The molecule has 5 nitrogen and oxygen atoms in total. The van der Waals surface area contributed by atoms with Gasteiger partial charge in [-0.1, -0.05) is 36.4 Å². The second-order valence-electron chi connectivity index (χ2n) is 6.72. The number of nitrogens with one attached hydrogen (secondary N) is 1. The van der Waals surface area contributed by atoms with Crippen LogP contribution in [0.5, 0.6) is 0 Å². The molecule has 0 atom stereocenters. The summed E-state index contributed by atoms with van der Waals surface area (Å²) in [5.74, 6) is -0.0671. The standard InChI is InChI=1S/C22H18N4O/c27-22(21-14-24-19-7-3-4-8-20(19)25-21)26-11-9-15(10-12-26)17-13-23-18-6-2-1-5-16(17)18/h1-9,13-14,23H,10-12H2. The van der Waals surface area contributed by atoms with Crippen molar-refractivity contribution in [1.82, 2.24) is 19.9 Å². The van der Waals surface area contributed by atoms with Crippen LogP contribution in [-0.4, -0.2) is 38.8 Å². The van der Waals surface area contributed by atoms with Gasteiger partial charge in [0.15, 0.2) is 0 Å². The smallest absolute Gasteiger partial charge is 0.274 e. The van der Waals surface area contributed by atoms with Crippen LogP contribution in [0.15, 0.2) is 67.0 Å². The first-order chi connectivity index (χ1) is 13.3. The van der Waals surface area contributed by atoms with E-state index in [4.69, 9.17) is 0 Å². The number of hydrogen-bond donors (Lipinski definition) is 1. The second-order valence-corrected chi connectivity index (χ2v) is 6.72. The molecule has 0 radical (unpaired) electrons. The molecule has 2 aromatic carbocycles. The van der Waals surface area contributed by atoms with Gasteiger partial charge in [-0.05, 0) is 30.2 Å². The Bertz CT molecular complexity index is 1190. The monoisotopic (exact) mass is 354 g/mol. The molecular formula is C22H18N4O. The fourth-order valence-corrected chi connectivity index (χ4v) is 3.66. The van der Waals surface area contributed by atoms with Gasteiger partial charge in [0, 0.05) is 35.8 Å². The van der Waals surface area contributed by atoms with Crippen LogP contribution >= 0.6 is 0 Å². The molecule has 1 N–H and O–H groups in total. The Morgan fingerprint density at radius 3 is 2.70 bits per heavy atom. The van der Waals surface area contributed by atoms with Crippen LogP contribution < -0.4 is 0 Å². The third-order valence-electron chi connectivity index (χ3n) is 5.10. The highest BCUT2D eigenvalue weighted by molar-refractivity contribution is 5.96. The average Bonchev–Trinajstić information content (AvgIpc) is 3.17. The summed E-state index contributed by atoms with van der Waals surface area (Å²) in [5.41, 5.74) is 5.59. The second kappa shape index (κ2) is 6.36. The molecular weight excluding hydrogens is 336 g/mol. The van der Waals surface area contributed by atoms with Crippen molar-refractivity contribution in [2.45, 2.75) is 6.42 Å². The summed E-state index contributed by atoms with van der Waals surface area (Å²) in [6, 6.07) is 15.9. The summed E-state index contributed by atoms with van der Waals surface area (Å²) in [6.07, 6.45) is 6.60. The van der Waals surface area contributed by atoms with E-state index in [1.54, 1.807) is 6.20 Å². The number of amides is 1. The number of H-pyrrole nitrogens is 1. The summed E-state index contributed by atoms with van der Waals surface area (Å²) in [4.78, 5) is 26.8. The number of nitrogens with zero attached hydrogens (tertiary/aromatic N) is 3. The molecule has 3 heterocycles. The lowest BCUT2D eigenvalue weighted by Crippen LogP contribution is -2.35. The number of para-hydroxylation sites is 3. The van der Waals surface area contributed by atoms with Gasteiger partial charge >= 0.3 is 0 Å². The van der Waals surface area contributed by atoms with E-state index in [2.05, 4.69) is 45.4 Å². The highest BCUT2D eigenvalue weighted by Gasteiger charge is 2.21. The zero-order chi connectivity index (χ0) is 18.2. The maximum atomic E-state index is 12.8. The van der Waals surface area contributed by atoms with Crippen molar-refractivity contribution in [3.63, 3.8) is 0 Å². The fraction of sp³-hybridized carbons (Fsp3) is 0.136. The number of fused-ring (bicyclic) bond motifs is 2. The Balaban J connectivity index is 1.39. The Morgan fingerprint density at radius 1 is 1.04 bits per heavy atom. The maximum absolute atomic E-state index is 12.8. The largest absolute Gasteiger partial charge is 0.361 e. The molecule has 5 heteroatoms. The number of aromatic nitrogens is 3. The Morgan fingerprint density at radius 2 is 1.85 bits per heavy atom. The molecule has 132 valence electrons. The van der Waals surface area contributed by atoms with Gasteiger partial charge in [0.05, 0.1) is 17.2 Å². The summed E-state index contributed by atoms with van der Waals surface area (Å²) < 4.78 is 0. The number of hydrogen-bond acceptors (Lipinski definition) is 3. The molecule has 1 amide bonds. The number of benzene rings is 2. The van der Waals surface area contributed by atoms with Crippen LogP contribution in [0.4, 0.5) is 0 Å². The van der Waals surface area contributed by atoms with Crippen molar-refractivity contribution in [2.75, 3.05) is 13.1 Å². The van der Waals surface area contributed by atoms with Gasteiger partial charge < -0.3 is 9.88 Å². The van der Waals surface area contributed by atoms with Gasteiger partial charge in [-0.3, -0.25) is 9.78 Å². The van der Waals surface area contributed by atoms with E-state index in [0.717, 1.165) is 23.0 Å². The van der Waals surface area contributed by atoms with E-state index in [0.29, 0.717) is 18.8 Å².